The smallest absolute Gasteiger partial charge is 0.252 e. The maximum absolute atomic E-state index is 14.2. The number of carbonyl (C=O) groups is 1. The molecule has 4 rings (SSSR count). The van der Waals surface area contributed by atoms with Gasteiger partial charge in [0.15, 0.2) is 10.8 Å². The number of alkyl halides is 2. The minimum absolute atomic E-state index is 0.183. The molecule has 0 amide bonds. The first-order chi connectivity index (χ1) is 13.3. The largest absolute Gasteiger partial charge is 0.327 e. The molecule has 9 heteroatoms. The number of hydrogen-bond acceptors (Lipinski definition) is 5. The zero-order valence-electron chi connectivity index (χ0n) is 15.2. The minimum atomic E-state index is -2.94. The van der Waals surface area contributed by atoms with Gasteiger partial charge >= 0.3 is 0 Å². The summed E-state index contributed by atoms with van der Waals surface area (Å²) < 4.78 is 43.2. The topological polar surface area (TPSA) is 73.3 Å². The Hall–Kier alpha value is -2.26. The number of pyridine rings is 1. The van der Waals surface area contributed by atoms with Crippen molar-refractivity contribution < 1.29 is 18.0 Å². The Kier molecular flexibility index (Phi) is 4.75. The van der Waals surface area contributed by atoms with Crippen LogP contribution in [-0.2, 0) is 0 Å². The van der Waals surface area contributed by atoms with Crippen LogP contribution in [0.3, 0.4) is 0 Å². The van der Waals surface area contributed by atoms with Gasteiger partial charge in [-0.05, 0) is 31.9 Å². The zero-order valence-corrected chi connectivity index (χ0v) is 16.0. The summed E-state index contributed by atoms with van der Waals surface area (Å²) >= 11 is 1.16. The lowest BCUT2D eigenvalue weighted by atomic mass is 9.79. The predicted molar refractivity (Wildman–Crippen MR) is 100 cm³/mol. The van der Waals surface area contributed by atoms with Gasteiger partial charge in [0.25, 0.3) is 5.92 Å². The molecule has 28 heavy (non-hydrogen) atoms. The van der Waals surface area contributed by atoms with Crippen molar-refractivity contribution in [3.63, 3.8) is 0 Å². The van der Waals surface area contributed by atoms with Gasteiger partial charge in [0.05, 0.1) is 23.6 Å². The second-order valence-corrected chi connectivity index (χ2v) is 8.41. The number of nitrogens with zero attached hydrogens (tertiary/aromatic N) is 3. The number of aromatic nitrogens is 3. The summed E-state index contributed by atoms with van der Waals surface area (Å²) in [6, 6.07) is 2.21. The number of nitrogens with two attached hydrogens (primary N) is 1. The van der Waals surface area contributed by atoms with Crippen LogP contribution in [0.2, 0.25) is 0 Å². The molecule has 3 aromatic heterocycles. The van der Waals surface area contributed by atoms with E-state index in [0.29, 0.717) is 29.6 Å². The van der Waals surface area contributed by atoms with Crippen LogP contribution in [0.15, 0.2) is 24.5 Å². The average Bonchev–Trinajstić information content (AvgIpc) is 3.20. The maximum atomic E-state index is 14.2. The fourth-order valence-electron chi connectivity index (χ4n) is 3.77. The minimum Gasteiger partial charge on any atom is -0.327 e. The van der Waals surface area contributed by atoms with Crippen LogP contribution in [0.25, 0.3) is 16.8 Å². The van der Waals surface area contributed by atoms with Crippen molar-refractivity contribution in [1.82, 2.24) is 14.6 Å². The Morgan fingerprint density at radius 2 is 2.21 bits per heavy atom. The SMILES string of the molecule is Cc1sc(C(=O)C[C@@H]2[C@H](N)CCCC2(F)F)nc1-c1cnn2cc(F)ccc12. The highest BCUT2D eigenvalue weighted by Gasteiger charge is 2.46. The number of fused-ring (bicyclic) bond motifs is 1. The molecule has 1 fully saturated rings. The molecule has 3 heterocycles. The van der Waals surface area contributed by atoms with Crippen molar-refractivity contribution in [3.8, 4) is 11.3 Å². The quantitative estimate of drug-likeness (QED) is 0.656. The highest BCUT2D eigenvalue weighted by atomic mass is 32.1. The number of aryl methyl sites for hydroxylation is 1. The second-order valence-electron chi connectivity index (χ2n) is 7.21. The van der Waals surface area contributed by atoms with Crippen molar-refractivity contribution in [1.29, 1.82) is 0 Å². The van der Waals surface area contributed by atoms with E-state index in [4.69, 9.17) is 5.73 Å². The number of Topliss-reactive ketones (excluding diaryl/α,β-unsaturated/α-hetero) is 1. The number of ketones is 1. The predicted octanol–water partition coefficient (Wildman–Crippen LogP) is 4.24. The van der Waals surface area contributed by atoms with Gasteiger partial charge in [-0.1, -0.05) is 0 Å². The molecule has 0 radical (unpaired) electrons. The van der Waals surface area contributed by atoms with E-state index in [9.17, 15) is 18.0 Å². The van der Waals surface area contributed by atoms with E-state index in [1.165, 1.54) is 16.8 Å². The van der Waals surface area contributed by atoms with E-state index in [1.54, 1.807) is 19.2 Å². The fourth-order valence-corrected chi connectivity index (χ4v) is 4.64. The van der Waals surface area contributed by atoms with Gasteiger partial charge < -0.3 is 5.73 Å². The Morgan fingerprint density at radius 3 is 2.96 bits per heavy atom. The molecule has 3 aromatic rings. The molecule has 0 saturated heterocycles. The summed E-state index contributed by atoms with van der Waals surface area (Å²) in [5.74, 6) is -4.95. The highest BCUT2D eigenvalue weighted by molar-refractivity contribution is 7.14. The summed E-state index contributed by atoms with van der Waals surface area (Å²) in [4.78, 5) is 17.8. The molecule has 0 aliphatic heterocycles. The summed E-state index contributed by atoms with van der Waals surface area (Å²) in [5.41, 5.74) is 7.73. The van der Waals surface area contributed by atoms with E-state index < -0.39 is 29.5 Å². The molecule has 148 valence electrons. The van der Waals surface area contributed by atoms with Crippen LogP contribution in [-0.4, -0.2) is 32.3 Å². The van der Waals surface area contributed by atoms with Gasteiger partial charge in [-0.3, -0.25) is 4.79 Å². The van der Waals surface area contributed by atoms with Crippen LogP contribution in [0.5, 0.6) is 0 Å². The van der Waals surface area contributed by atoms with Crippen molar-refractivity contribution in [2.24, 2.45) is 11.7 Å². The molecule has 1 aliphatic rings. The van der Waals surface area contributed by atoms with Crippen molar-refractivity contribution in [2.45, 2.75) is 44.6 Å². The van der Waals surface area contributed by atoms with Gasteiger partial charge in [-0.2, -0.15) is 5.10 Å². The fraction of sp³-hybridized carbons (Fsp3) is 0.421. The molecule has 0 spiro atoms. The number of rotatable bonds is 4. The third-order valence-electron chi connectivity index (χ3n) is 5.28. The first-order valence-corrected chi connectivity index (χ1v) is 9.85. The van der Waals surface area contributed by atoms with Crippen molar-refractivity contribution in [3.05, 3.63) is 40.2 Å². The van der Waals surface area contributed by atoms with Crippen LogP contribution >= 0.6 is 11.3 Å². The van der Waals surface area contributed by atoms with Crippen LogP contribution < -0.4 is 5.73 Å². The molecule has 0 aromatic carbocycles. The lowest BCUT2D eigenvalue weighted by molar-refractivity contribution is -0.0923. The molecular formula is C19H19F3N4OS. The Morgan fingerprint density at radius 1 is 1.43 bits per heavy atom. The van der Waals surface area contributed by atoms with Gasteiger partial charge in [0.1, 0.15) is 5.82 Å². The number of halogens is 3. The van der Waals surface area contributed by atoms with Gasteiger partial charge in [0, 0.05) is 35.2 Å². The highest BCUT2D eigenvalue weighted by Crippen LogP contribution is 2.41. The molecule has 2 atom stereocenters. The van der Waals surface area contributed by atoms with Gasteiger partial charge in [-0.25, -0.2) is 22.7 Å². The van der Waals surface area contributed by atoms with Gasteiger partial charge in [-0.15, -0.1) is 11.3 Å². The van der Waals surface area contributed by atoms with Crippen LogP contribution in [0.4, 0.5) is 13.2 Å². The van der Waals surface area contributed by atoms with E-state index in [2.05, 4.69) is 10.1 Å². The number of thiazole rings is 1. The van der Waals surface area contributed by atoms with Crippen LogP contribution in [0.1, 0.15) is 40.4 Å². The molecule has 2 N–H and O–H groups in total. The summed E-state index contributed by atoms with van der Waals surface area (Å²) in [6.45, 7) is 1.80. The summed E-state index contributed by atoms with van der Waals surface area (Å²) in [6.07, 6.45) is 3.11. The Balaban J connectivity index is 1.63. The van der Waals surface area contributed by atoms with Crippen LogP contribution in [0, 0.1) is 18.7 Å². The molecule has 0 bridgehead atoms. The van der Waals surface area contributed by atoms with E-state index >= 15 is 0 Å². The monoisotopic (exact) mass is 408 g/mol. The third-order valence-corrected chi connectivity index (χ3v) is 6.29. The second kappa shape index (κ2) is 6.97. The average molecular weight is 408 g/mol. The zero-order chi connectivity index (χ0) is 20.1. The maximum Gasteiger partial charge on any atom is 0.252 e. The van der Waals surface area contributed by atoms with Crippen molar-refractivity contribution >= 4 is 22.6 Å². The summed E-state index contributed by atoms with van der Waals surface area (Å²) in [5, 5.41) is 4.30. The van der Waals surface area contributed by atoms with Crippen molar-refractivity contribution in [2.75, 3.05) is 0 Å². The normalized spacial score (nSPS) is 21.9. The standard InChI is InChI=1S/C19H19F3N4OS/c1-10-17(12-8-24-26-9-11(20)4-5-15(12)26)25-18(28-10)16(27)7-13-14(23)3-2-6-19(13,21)22/h4-5,8-9,13-14H,2-3,6-7,23H2,1H3/t13-,14-/m1/s1. The molecule has 5 nitrogen and oxygen atoms in total. The van der Waals surface area contributed by atoms with E-state index in [0.717, 1.165) is 16.2 Å². The molecule has 1 saturated carbocycles. The lowest BCUT2D eigenvalue weighted by Crippen LogP contribution is -2.46. The summed E-state index contributed by atoms with van der Waals surface area (Å²) in [7, 11) is 0. The molecular weight excluding hydrogens is 389 g/mol. The lowest BCUT2D eigenvalue weighted by Gasteiger charge is -2.35. The number of carbonyl (C=O) groups excluding carboxylic acids is 1. The molecule has 1 aliphatic carbocycles. The first kappa shape index (κ1) is 19.1. The third kappa shape index (κ3) is 3.33. The van der Waals surface area contributed by atoms with E-state index in [-0.39, 0.29) is 17.8 Å². The van der Waals surface area contributed by atoms with Gasteiger partial charge in [0.2, 0.25) is 0 Å². The Bertz CT molecular complexity index is 1050. The number of hydrogen-bond donors (Lipinski definition) is 1. The molecule has 0 unspecified atom stereocenters. The van der Waals surface area contributed by atoms with E-state index in [1.807, 2.05) is 0 Å². The first-order valence-electron chi connectivity index (χ1n) is 9.03. The Labute approximate surface area is 163 Å².